The number of para-hydroxylation sites is 1. The van der Waals surface area contributed by atoms with E-state index in [0.29, 0.717) is 35.1 Å². The molecule has 122 valence electrons. The van der Waals surface area contributed by atoms with E-state index in [4.69, 9.17) is 9.47 Å². The molecule has 0 atom stereocenters. The van der Waals surface area contributed by atoms with Gasteiger partial charge in [0, 0.05) is 5.33 Å². The predicted molar refractivity (Wildman–Crippen MR) is 89.4 cm³/mol. The number of rotatable bonds is 3. The molecule has 0 unspecified atom stereocenters. The fraction of sp³-hybridized carbons (Fsp3) is 0.444. The van der Waals surface area contributed by atoms with Crippen molar-refractivity contribution in [2.75, 3.05) is 5.33 Å². The third-order valence-corrected chi connectivity index (χ3v) is 5.06. The molecular weight excluding hydrogens is 360 g/mol. The van der Waals surface area contributed by atoms with E-state index in [0.717, 1.165) is 25.7 Å². The first-order valence-corrected chi connectivity index (χ1v) is 9.08. The van der Waals surface area contributed by atoms with Crippen LogP contribution in [0.1, 0.15) is 38.5 Å². The van der Waals surface area contributed by atoms with Gasteiger partial charge in [0.1, 0.15) is 11.4 Å². The van der Waals surface area contributed by atoms with Crippen LogP contribution in [0.15, 0.2) is 41.5 Å². The summed E-state index contributed by atoms with van der Waals surface area (Å²) in [7, 11) is 0. The first kappa shape index (κ1) is 16.2. The average Bonchev–Trinajstić information content (AvgIpc) is 2.68. The zero-order valence-electron chi connectivity index (χ0n) is 12.8. The van der Waals surface area contributed by atoms with E-state index in [-0.39, 0.29) is 0 Å². The van der Waals surface area contributed by atoms with Crippen LogP contribution in [0.4, 0.5) is 0 Å². The lowest BCUT2D eigenvalue weighted by Crippen LogP contribution is -2.36. The quantitative estimate of drug-likeness (QED) is 0.454. The van der Waals surface area contributed by atoms with Crippen LogP contribution in [0.5, 0.6) is 5.75 Å². The highest BCUT2D eigenvalue weighted by atomic mass is 79.9. The maximum Gasteiger partial charge on any atom is 0.344 e. The summed E-state index contributed by atoms with van der Waals surface area (Å²) in [6, 6.07) is 8.92. The van der Waals surface area contributed by atoms with Gasteiger partial charge in [-0.15, -0.1) is 0 Å². The molecule has 0 amide bonds. The van der Waals surface area contributed by atoms with E-state index in [1.54, 1.807) is 24.3 Å². The molecule has 2 aliphatic rings. The number of alkyl halides is 1. The molecule has 1 fully saturated rings. The molecule has 0 N–H and O–H groups in total. The summed E-state index contributed by atoms with van der Waals surface area (Å²) in [4.78, 5) is 25.0. The SMILES string of the molecule is O=C1OC2(CCCCCC2)C(C(=O)Oc2ccccc2)=C1CBr. The molecule has 1 saturated carbocycles. The fourth-order valence-electron chi connectivity index (χ4n) is 3.40. The van der Waals surface area contributed by atoms with Crippen LogP contribution < -0.4 is 4.74 Å². The molecule has 5 heteroatoms. The summed E-state index contributed by atoms with van der Waals surface area (Å²) in [5.74, 6) is -0.399. The maximum absolute atomic E-state index is 12.8. The van der Waals surface area contributed by atoms with Crippen molar-refractivity contribution in [1.82, 2.24) is 0 Å². The third-order valence-electron chi connectivity index (χ3n) is 4.49. The minimum Gasteiger partial charge on any atom is -0.450 e. The van der Waals surface area contributed by atoms with Crippen molar-refractivity contribution in [2.24, 2.45) is 0 Å². The molecule has 1 aromatic carbocycles. The topological polar surface area (TPSA) is 52.6 Å². The molecule has 0 aromatic heterocycles. The van der Waals surface area contributed by atoms with Crippen LogP contribution in [0.25, 0.3) is 0 Å². The molecule has 1 aromatic rings. The van der Waals surface area contributed by atoms with E-state index in [1.165, 1.54) is 0 Å². The fourth-order valence-corrected chi connectivity index (χ4v) is 3.91. The summed E-state index contributed by atoms with van der Waals surface area (Å²) in [6.07, 6.45) is 5.48. The number of hydrogen-bond donors (Lipinski definition) is 0. The Kier molecular flexibility index (Phi) is 4.85. The number of carbonyl (C=O) groups is 2. The highest BCUT2D eigenvalue weighted by Gasteiger charge is 2.50. The van der Waals surface area contributed by atoms with Crippen molar-refractivity contribution in [3.63, 3.8) is 0 Å². The Labute approximate surface area is 144 Å². The van der Waals surface area contributed by atoms with Gasteiger partial charge in [-0.3, -0.25) is 0 Å². The average molecular weight is 379 g/mol. The smallest absolute Gasteiger partial charge is 0.344 e. The lowest BCUT2D eigenvalue weighted by Gasteiger charge is -2.28. The van der Waals surface area contributed by atoms with E-state index < -0.39 is 17.5 Å². The Morgan fingerprint density at radius 1 is 1.13 bits per heavy atom. The largest absolute Gasteiger partial charge is 0.450 e. The number of esters is 2. The van der Waals surface area contributed by atoms with Gasteiger partial charge in [-0.25, -0.2) is 9.59 Å². The van der Waals surface area contributed by atoms with E-state index in [1.807, 2.05) is 6.07 Å². The summed E-state index contributed by atoms with van der Waals surface area (Å²) < 4.78 is 11.2. The van der Waals surface area contributed by atoms with Crippen molar-refractivity contribution >= 4 is 27.9 Å². The van der Waals surface area contributed by atoms with Gasteiger partial charge < -0.3 is 9.47 Å². The highest BCUT2D eigenvalue weighted by molar-refractivity contribution is 9.09. The Bertz CT molecular complexity index is 628. The van der Waals surface area contributed by atoms with Crippen molar-refractivity contribution in [2.45, 2.75) is 44.1 Å². The van der Waals surface area contributed by atoms with Crippen LogP contribution in [-0.4, -0.2) is 22.9 Å². The Hall–Kier alpha value is -1.62. The molecule has 3 rings (SSSR count). The summed E-state index contributed by atoms with van der Waals surface area (Å²) in [5, 5.41) is 0.298. The first-order chi connectivity index (χ1) is 11.2. The molecule has 1 spiro atoms. The zero-order chi connectivity index (χ0) is 16.3. The minimum atomic E-state index is -0.803. The minimum absolute atomic E-state index is 0.298. The van der Waals surface area contributed by atoms with Gasteiger partial charge in [0.15, 0.2) is 0 Å². The number of benzene rings is 1. The second-order valence-electron chi connectivity index (χ2n) is 5.99. The standard InChI is InChI=1S/C18H19BrO4/c19-12-14-15(17(21)22-13-8-4-3-5-9-13)18(23-16(14)20)10-6-1-2-7-11-18/h3-5,8-9H,1-2,6-7,10-12H2. The number of ether oxygens (including phenoxy) is 2. The van der Waals surface area contributed by atoms with Crippen LogP contribution >= 0.6 is 15.9 Å². The summed E-state index contributed by atoms with van der Waals surface area (Å²) in [6.45, 7) is 0. The molecule has 0 bridgehead atoms. The van der Waals surface area contributed by atoms with E-state index in [9.17, 15) is 9.59 Å². The Balaban J connectivity index is 1.94. The predicted octanol–water partition coefficient (Wildman–Crippen LogP) is 3.93. The monoisotopic (exact) mass is 378 g/mol. The third kappa shape index (κ3) is 3.20. The molecule has 0 radical (unpaired) electrons. The van der Waals surface area contributed by atoms with Crippen LogP contribution in [0, 0.1) is 0 Å². The second kappa shape index (κ2) is 6.87. The van der Waals surface area contributed by atoms with Crippen molar-refractivity contribution in [3.05, 3.63) is 41.5 Å². The van der Waals surface area contributed by atoms with Crippen LogP contribution in [0.3, 0.4) is 0 Å². The molecular formula is C18H19BrO4. The van der Waals surface area contributed by atoms with Gasteiger partial charge in [0.25, 0.3) is 0 Å². The van der Waals surface area contributed by atoms with Gasteiger partial charge >= 0.3 is 11.9 Å². The lowest BCUT2D eigenvalue weighted by atomic mass is 9.85. The molecule has 1 aliphatic carbocycles. The van der Waals surface area contributed by atoms with Crippen LogP contribution in [-0.2, 0) is 14.3 Å². The second-order valence-corrected chi connectivity index (χ2v) is 6.55. The van der Waals surface area contributed by atoms with Gasteiger partial charge in [-0.1, -0.05) is 47.0 Å². The number of carbonyl (C=O) groups excluding carboxylic acids is 2. The molecule has 1 heterocycles. The first-order valence-electron chi connectivity index (χ1n) is 7.96. The van der Waals surface area contributed by atoms with Gasteiger partial charge in [-0.05, 0) is 37.8 Å². The maximum atomic E-state index is 12.8. The molecule has 0 saturated heterocycles. The lowest BCUT2D eigenvalue weighted by molar-refractivity contribution is -0.149. The van der Waals surface area contributed by atoms with Crippen molar-refractivity contribution in [1.29, 1.82) is 0 Å². The zero-order valence-corrected chi connectivity index (χ0v) is 14.4. The Morgan fingerprint density at radius 3 is 2.39 bits per heavy atom. The van der Waals surface area contributed by atoms with Gasteiger partial charge in [0.05, 0.1) is 11.1 Å². The molecule has 4 nitrogen and oxygen atoms in total. The highest BCUT2D eigenvalue weighted by Crippen LogP contribution is 2.43. The van der Waals surface area contributed by atoms with Crippen molar-refractivity contribution < 1.29 is 19.1 Å². The van der Waals surface area contributed by atoms with Crippen LogP contribution in [0.2, 0.25) is 0 Å². The number of halogens is 1. The molecule has 1 aliphatic heterocycles. The Morgan fingerprint density at radius 2 is 1.78 bits per heavy atom. The van der Waals surface area contributed by atoms with Gasteiger partial charge in [0.2, 0.25) is 0 Å². The van der Waals surface area contributed by atoms with E-state index in [2.05, 4.69) is 15.9 Å². The summed E-state index contributed by atoms with van der Waals surface area (Å²) in [5.41, 5.74) is 0.000640. The number of hydrogen-bond acceptors (Lipinski definition) is 4. The van der Waals surface area contributed by atoms with Crippen molar-refractivity contribution in [3.8, 4) is 5.75 Å². The summed E-state index contributed by atoms with van der Waals surface area (Å²) >= 11 is 3.31. The van der Waals surface area contributed by atoms with E-state index >= 15 is 0 Å². The molecule has 23 heavy (non-hydrogen) atoms. The normalized spacial score (nSPS) is 20.3. The van der Waals surface area contributed by atoms with Gasteiger partial charge in [-0.2, -0.15) is 0 Å².